The fourth-order valence-corrected chi connectivity index (χ4v) is 1.95. The Morgan fingerprint density at radius 2 is 2.15 bits per heavy atom. The largest absolute Gasteiger partial charge is 0.397 e. The van der Waals surface area contributed by atoms with Crippen LogP contribution in [0.15, 0.2) is 42.0 Å². The van der Waals surface area contributed by atoms with Gasteiger partial charge in [-0.2, -0.15) is 0 Å². The topological polar surface area (TPSA) is 38.0 Å². The summed E-state index contributed by atoms with van der Waals surface area (Å²) in [6.45, 7) is 0. The molecule has 0 fully saturated rings. The first-order valence-electron chi connectivity index (χ1n) is 4.01. The third-order valence-corrected chi connectivity index (χ3v) is 2.72. The quantitative estimate of drug-likeness (QED) is 0.713. The second kappa shape index (κ2) is 3.49. The van der Waals surface area contributed by atoms with Gasteiger partial charge in [0.15, 0.2) is 0 Å². The molecule has 0 spiro atoms. The molecule has 0 aromatic carbocycles. The van der Waals surface area contributed by atoms with Crippen molar-refractivity contribution in [2.24, 2.45) is 0 Å². The standard InChI is InChI=1S/C10H10N2S/c11-8-5-7-13-10(8)9-4-2-1-3-6-12-9/h1-7,12H,11H2. The minimum absolute atomic E-state index is 0.826. The fraction of sp³-hybridized carbons (Fsp3) is 0. The molecule has 66 valence electrons. The molecule has 0 bridgehead atoms. The predicted octanol–water partition coefficient (Wildman–Crippen LogP) is 2.34. The molecule has 0 radical (unpaired) electrons. The Morgan fingerprint density at radius 1 is 1.23 bits per heavy atom. The third kappa shape index (κ3) is 1.65. The summed E-state index contributed by atoms with van der Waals surface area (Å²) < 4.78 is 0. The zero-order valence-electron chi connectivity index (χ0n) is 7.03. The molecular formula is C10H10N2S. The molecule has 13 heavy (non-hydrogen) atoms. The van der Waals surface area contributed by atoms with Crippen LogP contribution in [0.5, 0.6) is 0 Å². The van der Waals surface area contributed by atoms with Crippen molar-refractivity contribution in [2.75, 3.05) is 5.73 Å². The number of allylic oxidation sites excluding steroid dienone is 4. The highest BCUT2D eigenvalue weighted by Crippen LogP contribution is 2.26. The summed E-state index contributed by atoms with van der Waals surface area (Å²) >= 11 is 1.64. The van der Waals surface area contributed by atoms with Crippen LogP contribution in [0.3, 0.4) is 0 Å². The maximum Gasteiger partial charge on any atom is 0.0734 e. The molecule has 2 heterocycles. The molecule has 0 unspecified atom stereocenters. The zero-order valence-corrected chi connectivity index (χ0v) is 7.84. The molecule has 1 aromatic heterocycles. The van der Waals surface area contributed by atoms with Crippen LogP contribution in [0, 0.1) is 0 Å². The van der Waals surface area contributed by atoms with Gasteiger partial charge < -0.3 is 11.1 Å². The van der Waals surface area contributed by atoms with Crippen LogP contribution in [-0.4, -0.2) is 0 Å². The minimum atomic E-state index is 0.826. The second-order valence-electron chi connectivity index (χ2n) is 2.67. The number of rotatable bonds is 1. The molecule has 0 amide bonds. The fourth-order valence-electron chi connectivity index (χ4n) is 1.14. The van der Waals surface area contributed by atoms with Crippen LogP contribution >= 0.6 is 11.3 Å². The molecule has 2 rings (SSSR count). The van der Waals surface area contributed by atoms with Gasteiger partial charge in [0.25, 0.3) is 0 Å². The molecule has 3 N–H and O–H groups in total. The highest BCUT2D eigenvalue weighted by atomic mass is 32.1. The minimum Gasteiger partial charge on any atom is -0.397 e. The summed E-state index contributed by atoms with van der Waals surface area (Å²) in [6.07, 6.45) is 9.83. The summed E-state index contributed by atoms with van der Waals surface area (Å²) in [5, 5.41) is 5.16. The average Bonchev–Trinajstić information content (AvgIpc) is 2.43. The van der Waals surface area contributed by atoms with Gasteiger partial charge in [-0.1, -0.05) is 12.2 Å². The molecule has 0 saturated heterocycles. The van der Waals surface area contributed by atoms with E-state index in [1.165, 1.54) is 0 Å². The van der Waals surface area contributed by atoms with Crippen molar-refractivity contribution in [1.29, 1.82) is 0 Å². The van der Waals surface area contributed by atoms with Crippen molar-refractivity contribution >= 4 is 22.7 Å². The lowest BCUT2D eigenvalue weighted by atomic mass is 10.3. The normalized spacial score (nSPS) is 14.9. The first-order valence-corrected chi connectivity index (χ1v) is 4.89. The monoisotopic (exact) mass is 190 g/mol. The summed E-state index contributed by atoms with van der Waals surface area (Å²) in [6, 6.07) is 1.92. The number of anilines is 1. The SMILES string of the molecule is Nc1ccsc1C1=CC=CC=CN1. The van der Waals surface area contributed by atoms with Crippen LogP contribution in [0.25, 0.3) is 5.70 Å². The number of hydrogen-bond donors (Lipinski definition) is 2. The van der Waals surface area contributed by atoms with Crippen molar-refractivity contribution in [3.8, 4) is 0 Å². The molecule has 1 aliphatic rings. The van der Waals surface area contributed by atoms with Crippen molar-refractivity contribution in [3.63, 3.8) is 0 Å². The van der Waals surface area contributed by atoms with Gasteiger partial charge in [-0.3, -0.25) is 0 Å². The number of thiophene rings is 1. The van der Waals surface area contributed by atoms with Gasteiger partial charge in [-0.25, -0.2) is 0 Å². The highest BCUT2D eigenvalue weighted by Gasteiger charge is 2.05. The van der Waals surface area contributed by atoms with Crippen molar-refractivity contribution in [3.05, 3.63) is 46.8 Å². The molecule has 0 aliphatic carbocycles. The number of nitrogens with one attached hydrogen (secondary N) is 1. The Bertz CT molecular complexity index is 385. The highest BCUT2D eigenvalue weighted by molar-refractivity contribution is 7.11. The van der Waals surface area contributed by atoms with E-state index in [1.54, 1.807) is 11.3 Å². The van der Waals surface area contributed by atoms with E-state index in [1.807, 2.05) is 42.0 Å². The first kappa shape index (κ1) is 8.13. The summed E-state index contributed by atoms with van der Waals surface area (Å²) in [7, 11) is 0. The smallest absolute Gasteiger partial charge is 0.0734 e. The molecule has 1 aromatic rings. The van der Waals surface area contributed by atoms with Crippen LogP contribution < -0.4 is 11.1 Å². The summed E-state index contributed by atoms with van der Waals surface area (Å²) in [5.74, 6) is 0. The first-order chi connectivity index (χ1) is 6.38. The number of nitrogen functional groups attached to an aromatic ring is 1. The van der Waals surface area contributed by atoms with Gasteiger partial charge in [0.2, 0.25) is 0 Å². The lowest BCUT2D eigenvalue weighted by molar-refractivity contribution is 1.24. The van der Waals surface area contributed by atoms with Crippen LogP contribution in [0.4, 0.5) is 5.69 Å². The van der Waals surface area contributed by atoms with Crippen molar-refractivity contribution in [2.45, 2.75) is 0 Å². The van der Waals surface area contributed by atoms with Crippen molar-refractivity contribution < 1.29 is 0 Å². The molecule has 3 heteroatoms. The van der Waals surface area contributed by atoms with Crippen LogP contribution in [0.1, 0.15) is 4.88 Å². The Balaban J connectivity index is 2.36. The molecule has 1 aliphatic heterocycles. The third-order valence-electron chi connectivity index (χ3n) is 1.76. The Kier molecular flexibility index (Phi) is 2.19. The van der Waals surface area contributed by atoms with Gasteiger partial charge >= 0.3 is 0 Å². The molecule has 0 saturated carbocycles. The zero-order chi connectivity index (χ0) is 9.10. The lowest BCUT2D eigenvalue weighted by Crippen LogP contribution is -2.02. The number of nitrogens with two attached hydrogens (primary N) is 1. The lowest BCUT2D eigenvalue weighted by Gasteiger charge is -2.03. The Morgan fingerprint density at radius 3 is 2.92 bits per heavy atom. The van der Waals surface area contributed by atoms with Crippen LogP contribution in [0.2, 0.25) is 0 Å². The maximum absolute atomic E-state index is 5.80. The average molecular weight is 190 g/mol. The van der Waals surface area contributed by atoms with Crippen molar-refractivity contribution in [1.82, 2.24) is 5.32 Å². The van der Waals surface area contributed by atoms with E-state index < -0.39 is 0 Å². The van der Waals surface area contributed by atoms with Gasteiger partial charge in [0.05, 0.1) is 16.3 Å². The molecule has 0 atom stereocenters. The van der Waals surface area contributed by atoms with E-state index in [0.717, 1.165) is 16.3 Å². The summed E-state index contributed by atoms with van der Waals surface area (Å²) in [5.41, 5.74) is 7.68. The van der Waals surface area contributed by atoms with E-state index >= 15 is 0 Å². The van der Waals surface area contributed by atoms with Gasteiger partial charge in [0, 0.05) is 6.20 Å². The van der Waals surface area contributed by atoms with Gasteiger partial charge in [-0.05, 0) is 23.6 Å². The van der Waals surface area contributed by atoms with E-state index in [2.05, 4.69) is 5.32 Å². The van der Waals surface area contributed by atoms with Gasteiger partial charge in [-0.15, -0.1) is 11.3 Å². The van der Waals surface area contributed by atoms with Gasteiger partial charge in [0.1, 0.15) is 0 Å². The van der Waals surface area contributed by atoms with Crippen LogP contribution in [-0.2, 0) is 0 Å². The van der Waals surface area contributed by atoms with E-state index in [9.17, 15) is 0 Å². The maximum atomic E-state index is 5.80. The second-order valence-corrected chi connectivity index (χ2v) is 3.59. The number of hydrogen-bond acceptors (Lipinski definition) is 3. The van der Waals surface area contributed by atoms with E-state index in [4.69, 9.17) is 5.73 Å². The molecule has 2 nitrogen and oxygen atoms in total. The Hall–Kier alpha value is -1.48. The predicted molar refractivity (Wildman–Crippen MR) is 58.1 cm³/mol. The van der Waals surface area contributed by atoms with E-state index in [0.29, 0.717) is 0 Å². The Labute approximate surface area is 81.1 Å². The summed E-state index contributed by atoms with van der Waals surface area (Å²) in [4.78, 5) is 1.09. The molecular weight excluding hydrogens is 180 g/mol. The van der Waals surface area contributed by atoms with E-state index in [-0.39, 0.29) is 0 Å².